The fourth-order valence-corrected chi connectivity index (χ4v) is 2.95. The van der Waals surface area contributed by atoms with Gasteiger partial charge < -0.3 is 9.73 Å². The second-order valence-corrected chi connectivity index (χ2v) is 5.37. The SMILES string of the molecule is CNc1ncnc(Sc2nc3ccccc3o2)c1Br. The molecule has 0 amide bonds. The summed E-state index contributed by atoms with van der Waals surface area (Å²) in [5.41, 5.74) is 1.60. The Morgan fingerprint density at radius 2 is 2.11 bits per heavy atom. The molecule has 96 valence electrons. The zero-order valence-corrected chi connectivity index (χ0v) is 12.3. The van der Waals surface area contributed by atoms with E-state index in [-0.39, 0.29) is 0 Å². The molecule has 5 nitrogen and oxygen atoms in total. The number of rotatable bonds is 3. The lowest BCUT2D eigenvalue weighted by molar-refractivity contribution is 0.489. The zero-order valence-electron chi connectivity index (χ0n) is 9.92. The summed E-state index contributed by atoms with van der Waals surface area (Å²) >= 11 is 4.82. The molecule has 0 atom stereocenters. The molecule has 0 spiro atoms. The van der Waals surface area contributed by atoms with Crippen molar-refractivity contribution in [3.05, 3.63) is 35.1 Å². The zero-order chi connectivity index (χ0) is 13.2. The Hall–Kier alpha value is -1.60. The quantitative estimate of drug-likeness (QED) is 0.737. The molecule has 2 aromatic heterocycles. The molecule has 3 aromatic rings. The maximum Gasteiger partial charge on any atom is 0.263 e. The van der Waals surface area contributed by atoms with Gasteiger partial charge >= 0.3 is 0 Å². The van der Waals surface area contributed by atoms with Crippen molar-refractivity contribution in [2.45, 2.75) is 10.2 Å². The molecule has 0 aliphatic carbocycles. The summed E-state index contributed by atoms with van der Waals surface area (Å²) < 4.78 is 6.45. The van der Waals surface area contributed by atoms with Gasteiger partial charge in [0, 0.05) is 7.05 Å². The van der Waals surface area contributed by atoms with Gasteiger partial charge in [-0.05, 0) is 39.8 Å². The largest absolute Gasteiger partial charge is 0.431 e. The Labute approximate surface area is 122 Å². The molecule has 19 heavy (non-hydrogen) atoms. The maximum absolute atomic E-state index is 5.65. The Morgan fingerprint density at radius 3 is 2.89 bits per heavy atom. The first kappa shape index (κ1) is 12.4. The smallest absolute Gasteiger partial charge is 0.263 e. The molecule has 0 bridgehead atoms. The Morgan fingerprint density at radius 1 is 1.26 bits per heavy atom. The van der Waals surface area contributed by atoms with Crippen LogP contribution in [-0.4, -0.2) is 22.0 Å². The lowest BCUT2D eigenvalue weighted by atomic mass is 10.3. The van der Waals surface area contributed by atoms with Gasteiger partial charge in [-0.25, -0.2) is 15.0 Å². The van der Waals surface area contributed by atoms with Crippen molar-refractivity contribution >= 4 is 44.6 Å². The van der Waals surface area contributed by atoms with Crippen LogP contribution in [0.2, 0.25) is 0 Å². The van der Waals surface area contributed by atoms with Gasteiger partial charge in [0.25, 0.3) is 5.22 Å². The summed E-state index contributed by atoms with van der Waals surface area (Å²) in [6, 6.07) is 7.65. The van der Waals surface area contributed by atoms with Crippen molar-refractivity contribution < 1.29 is 4.42 Å². The highest BCUT2D eigenvalue weighted by Gasteiger charge is 2.13. The Kier molecular flexibility index (Phi) is 3.39. The molecule has 7 heteroatoms. The third kappa shape index (κ3) is 2.43. The predicted molar refractivity (Wildman–Crippen MR) is 77.4 cm³/mol. The lowest BCUT2D eigenvalue weighted by Crippen LogP contribution is -1.96. The Bertz CT molecular complexity index is 698. The molecule has 0 saturated heterocycles. The van der Waals surface area contributed by atoms with Crippen LogP contribution < -0.4 is 5.32 Å². The van der Waals surface area contributed by atoms with Crippen molar-refractivity contribution in [3.8, 4) is 0 Å². The summed E-state index contributed by atoms with van der Waals surface area (Å²) in [6.07, 6.45) is 1.50. The highest BCUT2D eigenvalue weighted by atomic mass is 79.9. The molecule has 3 rings (SSSR count). The van der Waals surface area contributed by atoms with Gasteiger partial charge in [0.05, 0.1) is 4.47 Å². The maximum atomic E-state index is 5.65. The molecule has 0 aliphatic rings. The van der Waals surface area contributed by atoms with Crippen molar-refractivity contribution in [2.75, 3.05) is 12.4 Å². The fourth-order valence-electron chi connectivity index (χ4n) is 1.58. The lowest BCUT2D eigenvalue weighted by Gasteiger charge is -2.04. The first-order chi connectivity index (χ1) is 9.28. The van der Waals surface area contributed by atoms with Gasteiger partial charge in [0.15, 0.2) is 5.58 Å². The monoisotopic (exact) mass is 336 g/mol. The van der Waals surface area contributed by atoms with Crippen LogP contribution in [0.4, 0.5) is 5.82 Å². The standard InChI is InChI=1S/C12H9BrN4OS/c1-14-10-9(13)11(16-6-15-10)19-12-17-7-4-2-3-5-8(7)18-12/h2-6H,1H3,(H,14,15,16). The number of anilines is 1. The number of nitrogens with one attached hydrogen (secondary N) is 1. The van der Waals surface area contributed by atoms with Gasteiger partial charge in [-0.1, -0.05) is 12.1 Å². The van der Waals surface area contributed by atoms with Gasteiger partial charge in [-0.15, -0.1) is 0 Å². The number of hydrogen-bond donors (Lipinski definition) is 1. The third-order valence-corrected chi connectivity index (χ3v) is 4.32. The summed E-state index contributed by atoms with van der Waals surface area (Å²) in [6.45, 7) is 0. The van der Waals surface area contributed by atoms with Crippen LogP contribution in [0, 0.1) is 0 Å². The number of nitrogens with zero attached hydrogens (tertiary/aromatic N) is 3. The van der Waals surface area contributed by atoms with Crippen molar-refractivity contribution in [1.29, 1.82) is 0 Å². The van der Waals surface area contributed by atoms with E-state index in [1.165, 1.54) is 18.1 Å². The number of aromatic nitrogens is 3. The summed E-state index contributed by atoms with van der Waals surface area (Å²) in [7, 11) is 1.81. The van der Waals surface area contributed by atoms with Crippen molar-refractivity contribution in [2.24, 2.45) is 0 Å². The van der Waals surface area contributed by atoms with Gasteiger partial charge in [-0.2, -0.15) is 0 Å². The molecule has 0 radical (unpaired) electrons. The number of benzene rings is 1. The van der Waals surface area contributed by atoms with Crippen LogP contribution in [0.5, 0.6) is 0 Å². The van der Waals surface area contributed by atoms with Crippen LogP contribution >= 0.6 is 27.7 Å². The molecule has 0 fully saturated rings. The van der Waals surface area contributed by atoms with Crippen molar-refractivity contribution in [1.82, 2.24) is 15.0 Å². The molecule has 1 N–H and O–H groups in total. The molecule has 0 saturated carbocycles. The van der Waals surface area contributed by atoms with Crippen molar-refractivity contribution in [3.63, 3.8) is 0 Å². The number of oxazole rings is 1. The molecular formula is C12H9BrN4OS. The van der Waals surface area contributed by atoms with E-state index in [0.717, 1.165) is 26.4 Å². The number of fused-ring (bicyclic) bond motifs is 1. The van der Waals surface area contributed by atoms with Crippen LogP contribution in [0.25, 0.3) is 11.1 Å². The second-order valence-electron chi connectivity index (χ2n) is 3.64. The van der Waals surface area contributed by atoms with E-state index in [1.54, 1.807) is 7.05 Å². The minimum absolute atomic E-state index is 0.558. The van der Waals surface area contributed by atoms with Crippen LogP contribution in [0.15, 0.2) is 49.7 Å². The highest BCUT2D eigenvalue weighted by molar-refractivity contribution is 9.10. The fraction of sp³-hybridized carbons (Fsp3) is 0.0833. The summed E-state index contributed by atoms with van der Waals surface area (Å²) in [4.78, 5) is 12.7. The van der Waals surface area contributed by atoms with E-state index in [0.29, 0.717) is 5.22 Å². The predicted octanol–water partition coefficient (Wildman–Crippen LogP) is 3.57. The number of hydrogen-bond acceptors (Lipinski definition) is 6. The van der Waals surface area contributed by atoms with E-state index in [2.05, 4.69) is 36.2 Å². The Balaban J connectivity index is 1.96. The van der Waals surface area contributed by atoms with E-state index in [4.69, 9.17) is 4.42 Å². The first-order valence-electron chi connectivity index (χ1n) is 5.49. The first-order valence-corrected chi connectivity index (χ1v) is 7.10. The third-order valence-electron chi connectivity index (χ3n) is 2.45. The normalized spacial score (nSPS) is 10.8. The highest BCUT2D eigenvalue weighted by Crippen LogP contribution is 2.35. The topological polar surface area (TPSA) is 63.8 Å². The average molecular weight is 337 g/mol. The minimum Gasteiger partial charge on any atom is -0.431 e. The van der Waals surface area contributed by atoms with Gasteiger partial charge in [0.2, 0.25) is 0 Å². The molecule has 2 heterocycles. The summed E-state index contributed by atoms with van der Waals surface area (Å²) in [5, 5.41) is 4.30. The number of para-hydroxylation sites is 2. The summed E-state index contributed by atoms with van der Waals surface area (Å²) in [5.74, 6) is 0.730. The van der Waals surface area contributed by atoms with Crippen LogP contribution in [0.3, 0.4) is 0 Å². The van der Waals surface area contributed by atoms with E-state index < -0.39 is 0 Å². The van der Waals surface area contributed by atoms with Crippen LogP contribution in [-0.2, 0) is 0 Å². The van der Waals surface area contributed by atoms with E-state index >= 15 is 0 Å². The molecule has 0 aliphatic heterocycles. The second kappa shape index (κ2) is 5.18. The van der Waals surface area contributed by atoms with E-state index in [1.807, 2.05) is 24.3 Å². The average Bonchev–Trinajstić information content (AvgIpc) is 2.83. The minimum atomic E-state index is 0.558. The molecule has 1 aromatic carbocycles. The van der Waals surface area contributed by atoms with Gasteiger partial charge in [0.1, 0.15) is 22.7 Å². The number of halogens is 1. The van der Waals surface area contributed by atoms with Gasteiger partial charge in [-0.3, -0.25) is 0 Å². The van der Waals surface area contributed by atoms with E-state index in [9.17, 15) is 0 Å². The van der Waals surface area contributed by atoms with Crippen LogP contribution in [0.1, 0.15) is 0 Å². The molecule has 0 unspecified atom stereocenters. The molecular weight excluding hydrogens is 328 g/mol.